The Morgan fingerprint density at radius 3 is 1.81 bits per heavy atom. The highest BCUT2D eigenvalue weighted by atomic mass is 35.5. The van der Waals surface area contributed by atoms with Crippen molar-refractivity contribution in [3.05, 3.63) is 135 Å². The number of rotatable bonds is 9. The van der Waals surface area contributed by atoms with Gasteiger partial charge in [-0.3, -0.25) is 18.1 Å². The van der Waals surface area contributed by atoms with Gasteiger partial charge in [0.25, 0.3) is 15.6 Å². The summed E-state index contributed by atoms with van der Waals surface area (Å²) in [6.07, 6.45) is 6.30. The van der Waals surface area contributed by atoms with Crippen molar-refractivity contribution in [2.24, 2.45) is 15.2 Å². The summed E-state index contributed by atoms with van der Waals surface area (Å²) in [5, 5.41) is 13.4. The van der Waals surface area contributed by atoms with Crippen LogP contribution >= 0.6 is 11.6 Å². The van der Waals surface area contributed by atoms with Crippen molar-refractivity contribution in [2.45, 2.75) is 104 Å². The number of amidine groups is 1. The zero-order chi connectivity index (χ0) is 52.8. The standard InChI is InChI=1S/C18H16N4O6S2.C8H9F.C7H6ClF.C7H13F3O3S.C7H16/c1-10-13-5-3-4-8-22(13)18(24)15(16(10)23)17-19-12-7-6-11(20-29(2,25)26)9-14(12)30(27,28)21-17;1-2-7-3-5-8(9)6-4-7;8-5-6-1-3-7(9)4-2-6;1-6(2,3)4-5-13-14(11,12)7(8,9)10;1-5-6-7(2,3)4/h3-9,20,23H,1-2H3,(H,19,21);3-6H,2H2,1H3;1-4H,5H2;4-5H2,1-3H3;5-6H2,1-4H3. The number of nitrogens with one attached hydrogen (secondary N) is 2. The minimum Gasteiger partial charge on any atom is -0.507 e. The van der Waals surface area contributed by atoms with Gasteiger partial charge in [0, 0.05) is 23.3 Å². The zero-order valence-electron chi connectivity index (χ0n) is 40.0. The first-order chi connectivity index (χ1) is 31.6. The monoisotopic (exact) mass is 1050 g/mol. The van der Waals surface area contributed by atoms with Crippen LogP contribution in [0.25, 0.3) is 5.52 Å². The summed E-state index contributed by atoms with van der Waals surface area (Å²) >= 11 is 5.46. The maximum absolute atomic E-state index is 12.9. The summed E-state index contributed by atoms with van der Waals surface area (Å²) in [6, 6.07) is 21.5. The van der Waals surface area contributed by atoms with Gasteiger partial charge in [-0.1, -0.05) is 92.1 Å². The summed E-state index contributed by atoms with van der Waals surface area (Å²) in [6.45, 7) is 17.6. The molecule has 0 bridgehead atoms. The molecule has 3 N–H and O–H groups in total. The van der Waals surface area contributed by atoms with E-state index in [1.807, 2.05) is 6.92 Å². The summed E-state index contributed by atoms with van der Waals surface area (Å²) in [5.41, 5.74) is -2.86. The molecule has 3 heterocycles. The van der Waals surface area contributed by atoms with E-state index in [1.165, 1.54) is 65.4 Å². The van der Waals surface area contributed by atoms with E-state index in [0.29, 0.717) is 22.4 Å². The van der Waals surface area contributed by atoms with Gasteiger partial charge in [-0.2, -0.15) is 30.0 Å². The number of nitrogens with zero attached hydrogens (tertiary/aromatic N) is 2. The Balaban J connectivity index is 0.000000345. The third-order valence-electron chi connectivity index (χ3n) is 9.30. The van der Waals surface area contributed by atoms with Crippen LogP contribution in [0.15, 0.2) is 105 Å². The molecule has 0 radical (unpaired) electrons. The minimum absolute atomic E-state index is 0.0461. The van der Waals surface area contributed by atoms with Gasteiger partial charge in [-0.25, -0.2) is 17.2 Å². The van der Waals surface area contributed by atoms with Gasteiger partial charge >= 0.3 is 15.6 Å². The van der Waals surface area contributed by atoms with Crippen LogP contribution < -0.4 is 15.6 Å². The zero-order valence-corrected chi connectivity index (χ0v) is 43.2. The molecule has 1 aliphatic rings. The fourth-order valence-electron chi connectivity index (χ4n) is 5.78. The van der Waals surface area contributed by atoms with Crippen molar-refractivity contribution < 1.29 is 56.5 Å². The van der Waals surface area contributed by atoms with E-state index in [2.05, 4.69) is 46.3 Å². The summed E-state index contributed by atoms with van der Waals surface area (Å²) < 4.78 is 140. The molecule has 0 amide bonds. The highest BCUT2D eigenvalue weighted by Crippen LogP contribution is 2.33. The third kappa shape index (κ3) is 20.0. The number of aromatic hydroxyl groups is 1. The number of hydrogen-bond acceptors (Lipinski definition) is 10. The fourth-order valence-corrected chi connectivity index (χ4v) is 8.10. The van der Waals surface area contributed by atoms with Crippen molar-refractivity contribution in [3.8, 4) is 5.75 Å². The van der Waals surface area contributed by atoms with Crippen LogP contribution in [0.3, 0.4) is 0 Å². The lowest BCUT2D eigenvalue weighted by Gasteiger charge is -2.20. The summed E-state index contributed by atoms with van der Waals surface area (Å²) in [7, 11) is -13.3. The average molecular weight is 1050 g/mol. The summed E-state index contributed by atoms with van der Waals surface area (Å²) in [4.78, 5) is 12.7. The van der Waals surface area contributed by atoms with Crippen molar-refractivity contribution in [2.75, 3.05) is 22.9 Å². The van der Waals surface area contributed by atoms with E-state index in [9.17, 15) is 57.1 Å². The topological polar surface area (TPSA) is 190 Å². The van der Waals surface area contributed by atoms with E-state index in [4.69, 9.17) is 11.6 Å². The molecule has 0 fully saturated rings. The Morgan fingerprint density at radius 1 is 0.826 bits per heavy atom. The van der Waals surface area contributed by atoms with E-state index in [0.717, 1.165) is 24.3 Å². The fraction of sp³-hybridized carbons (Fsp3) is 0.404. The third-order valence-corrected chi connectivity index (χ3v) is 12.6. The van der Waals surface area contributed by atoms with Gasteiger partial charge in [0.05, 0.1) is 24.1 Å². The molecule has 0 unspecified atom stereocenters. The number of hydrogen-bond donors (Lipinski definition) is 3. The molecule has 0 saturated carbocycles. The Labute approximate surface area is 407 Å². The Hall–Kier alpha value is -5.09. The average Bonchev–Trinajstić information content (AvgIpc) is 3.23. The number of alkyl halides is 4. The molecule has 3 aromatic carbocycles. The normalized spacial score (nSPS) is 13.2. The largest absolute Gasteiger partial charge is 0.523 e. The second kappa shape index (κ2) is 25.2. The van der Waals surface area contributed by atoms with Crippen LogP contribution in [-0.2, 0) is 46.6 Å². The van der Waals surface area contributed by atoms with Crippen LogP contribution in [0.1, 0.15) is 96.9 Å². The van der Waals surface area contributed by atoms with Crippen molar-refractivity contribution in [1.82, 2.24) is 4.40 Å². The number of pyridine rings is 2. The molecule has 1 aliphatic heterocycles. The second-order valence-corrected chi connectivity index (χ2v) is 23.0. The lowest BCUT2D eigenvalue weighted by molar-refractivity contribution is -0.0546. The van der Waals surface area contributed by atoms with E-state index in [-0.39, 0.29) is 56.9 Å². The maximum atomic E-state index is 12.9. The number of anilines is 2. The van der Waals surface area contributed by atoms with Gasteiger partial charge in [0.2, 0.25) is 10.0 Å². The van der Waals surface area contributed by atoms with Crippen molar-refractivity contribution in [1.29, 1.82) is 0 Å². The van der Waals surface area contributed by atoms with Gasteiger partial charge < -0.3 is 10.4 Å². The number of aryl methyl sites for hydroxylation is 2. The first-order valence-electron chi connectivity index (χ1n) is 21.2. The second-order valence-electron chi connectivity index (χ2n) is 17.8. The Morgan fingerprint density at radius 2 is 1.36 bits per heavy atom. The maximum Gasteiger partial charge on any atom is 0.523 e. The first-order valence-corrected chi connectivity index (χ1v) is 26.5. The lowest BCUT2D eigenvalue weighted by atomic mass is 9.91. The molecule has 6 rings (SSSR count). The molecule has 5 aromatic rings. The molecule has 2 aromatic heterocycles. The predicted octanol–water partition coefficient (Wildman–Crippen LogP) is 11.3. The highest BCUT2D eigenvalue weighted by molar-refractivity contribution is 7.92. The molecule has 13 nitrogen and oxygen atoms in total. The van der Waals surface area contributed by atoms with E-state index in [1.54, 1.807) is 70.2 Å². The predicted molar refractivity (Wildman–Crippen MR) is 263 cm³/mol. The van der Waals surface area contributed by atoms with Crippen LogP contribution in [0.2, 0.25) is 0 Å². The highest BCUT2D eigenvalue weighted by Gasteiger charge is 2.47. The lowest BCUT2D eigenvalue weighted by Crippen LogP contribution is -2.30. The van der Waals surface area contributed by atoms with Crippen LogP contribution in [0.4, 0.5) is 33.3 Å². The van der Waals surface area contributed by atoms with E-state index < -0.39 is 47.8 Å². The first kappa shape index (κ1) is 60.0. The van der Waals surface area contributed by atoms with Gasteiger partial charge in [-0.15, -0.1) is 16.0 Å². The minimum atomic E-state index is -5.42. The number of sulfonamides is 2. The van der Waals surface area contributed by atoms with Gasteiger partial charge in [0.1, 0.15) is 27.8 Å². The molecular formula is C47H60ClF5N4O9S3. The Bertz CT molecular complexity index is 2870. The number of halogens is 6. The van der Waals surface area contributed by atoms with Crippen LogP contribution in [0.5, 0.6) is 5.75 Å². The smallest absolute Gasteiger partial charge is 0.507 e. The van der Waals surface area contributed by atoms with Crippen LogP contribution in [0, 0.1) is 29.4 Å². The quantitative estimate of drug-likeness (QED) is 0.0554. The summed E-state index contributed by atoms with van der Waals surface area (Å²) in [5.74, 6) is -0.641. The number of aromatic nitrogens is 1. The van der Waals surface area contributed by atoms with Gasteiger partial charge in [-0.05, 0) is 103 Å². The number of benzene rings is 3. The van der Waals surface area contributed by atoms with Crippen molar-refractivity contribution in [3.63, 3.8) is 0 Å². The van der Waals surface area contributed by atoms with Gasteiger partial charge in [0.15, 0.2) is 5.84 Å². The molecule has 0 aliphatic carbocycles. The number of fused-ring (bicyclic) bond motifs is 2. The molecule has 22 heteroatoms. The molecule has 0 spiro atoms. The van der Waals surface area contributed by atoms with Crippen LogP contribution in [-0.4, -0.2) is 59.0 Å². The molecule has 382 valence electrons. The van der Waals surface area contributed by atoms with E-state index >= 15 is 0 Å². The molecular weight excluding hydrogens is 991 g/mol. The molecule has 0 saturated heterocycles. The Kier molecular flexibility index (Phi) is 21.9. The van der Waals surface area contributed by atoms with Crippen molar-refractivity contribution >= 4 is 64.5 Å². The molecule has 69 heavy (non-hydrogen) atoms. The SMILES string of the molecule is CC(C)(C)CCOS(=O)(=O)C(F)(F)F.CCCC(C)(C)C.CCc1ccc(F)cc1.Cc1c(O)c(C2=NS(=O)(=O)c3cc(NS(C)(=O)=O)ccc3N2)c(=O)n2ccccc12.Fc1ccc(CCl)cc1. The molecule has 0 atom stereocenters.